The van der Waals surface area contributed by atoms with Gasteiger partial charge in [-0.05, 0) is 49.3 Å². The van der Waals surface area contributed by atoms with Crippen molar-refractivity contribution in [2.45, 2.75) is 39.0 Å². The first-order chi connectivity index (χ1) is 11.0. The van der Waals surface area contributed by atoms with E-state index >= 15 is 0 Å². The molecule has 2 N–H and O–H groups in total. The van der Waals surface area contributed by atoms with Gasteiger partial charge in [-0.3, -0.25) is 4.79 Å². The van der Waals surface area contributed by atoms with E-state index in [0.717, 1.165) is 38.0 Å². The zero-order chi connectivity index (χ0) is 16.7. The van der Waals surface area contributed by atoms with E-state index in [9.17, 15) is 9.59 Å². The summed E-state index contributed by atoms with van der Waals surface area (Å²) in [6.45, 7) is 4.13. The van der Waals surface area contributed by atoms with Crippen molar-refractivity contribution in [3.63, 3.8) is 0 Å². The molecule has 1 aromatic carbocycles. The minimum atomic E-state index is -0.975. The van der Waals surface area contributed by atoms with Gasteiger partial charge in [-0.25, -0.2) is 4.79 Å². The number of hydrogen-bond acceptors (Lipinski definition) is 3. The molecule has 0 aromatic heterocycles. The van der Waals surface area contributed by atoms with Crippen LogP contribution in [0, 0.1) is 5.41 Å². The Morgan fingerprint density at radius 3 is 2.74 bits per heavy atom. The highest BCUT2D eigenvalue weighted by Gasteiger charge is 2.36. The fourth-order valence-electron chi connectivity index (χ4n) is 2.97. The minimum Gasteiger partial charge on any atom is -0.478 e. The van der Waals surface area contributed by atoms with Gasteiger partial charge < -0.3 is 15.2 Å². The molecule has 1 amide bonds. The van der Waals surface area contributed by atoms with Gasteiger partial charge in [0.1, 0.15) is 0 Å². The van der Waals surface area contributed by atoms with Crippen molar-refractivity contribution in [1.82, 2.24) is 5.32 Å². The molecule has 5 heteroatoms. The molecular formula is C18H25NO4. The second kappa shape index (κ2) is 8.11. The summed E-state index contributed by atoms with van der Waals surface area (Å²) < 4.78 is 5.43. The fraction of sp³-hybridized carbons (Fsp3) is 0.556. The third kappa shape index (κ3) is 5.06. The van der Waals surface area contributed by atoms with E-state index in [-0.39, 0.29) is 23.3 Å². The standard InChI is InChI=1S/C18H25NO4/c1-2-23-10-9-18(7-4-8-18)13-19-16(20)12-14-5-3-6-15(11-14)17(21)22/h3,5-6,11H,2,4,7-10,12-13H2,1H3,(H,19,20)(H,21,22). The Balaban J connectivity index is 1.82. The fourth-order valence-corrected chi connectivity index (χ4v) is 2.97. The summed E-state index contributed by atoms with van der Waals surface area (Å²) in [4.78, 5) is 23.1. The number of amides is 1. The summed E-state index contributed by atoms with van der Waals surface area (Å²) in [5, 5.41) is 12.0. The Bertz CT molecular complexity index is 552. The molecule has 1 aliphatic carbocycles. The van der Waals surface area contributed by atoms with Crippen LogP contribution in [-0.2, 0) is 16.0 Å². The molecule has 0 radical (unpaired) electrons. The highest BCUT2D eigenvalue weighted by atomic mass is 16.5. The predicted molar refractivity (Wildman–Crippen MR) is 87.5 cm³/mol. The van der Waals surface area contributed by atoms with Crippen LogP contribution in [-0.4, -0.2) is 36.7 Å². The lowest BCUT2D eigenvalue weighted by molar-refractivity contribution is -0.121. The van der Waals surface area contributed by atoms with Crippen LogP contribution in [0.5, 0.6) is 0 Å². The molecule has 0 aliphatic heterocycles. The molecule has 0 spiro atoms. The zero-order valence-corrected chi connectivity index (χ0v) is 13.6. The average molecular weight is 319 g/mol. The van der Waals surface area contributed by atoms with Crippen LogP contribution in [0.15, 0.2) is 24.3 Å². The maximum Gasteiger partial charge on any atom is 0.335 e. The van der Waals surface area contributed by atoms with Gasteiger partial charge >= 0.3 is 5.97 Å². The third-order valence-electron chi connectivity index (χ3n) is 4.59. The lowest BCUT2D eigenvalue weighted by Crippen LogP contribution is -2.43. The van der Waals surface area contributed by atoms with Crippen molar-refractivity contribution >= 4 is 11.9 Å². The van der Waals surface area contributed by atoms with Crippen molar-refractivity contribution in [2.75, 3.05) is 19.8 Å². The Morgan fingerprint density at radius 1 is 1.35 bits per heavy atom. The maximum absolute atomic E-state index is 12.1. The van der Waals surface area contributed by atoms with E-state index in [1.807, 2.05) is 6.92 Å². The number of ether oxygens (including phenoxy) is 1. The monoisotopic (exact) mass is 319 g/mol. The Morgan fingerprint density at radius 2 is 2.13 bits per heavy atom. The molecule has 5 nitrogen and oxygen atoms in total. The Labute approximate surface area is 137 Å². The average Bonchev–Trinajstić information content (AvgIpc) is 2.49. The summed E-state index contributed by atoms with van der Waals surface area (Å²) in [6, 6.07) is 6.53. The van der Waals surface area contributed by atoms with Crippen LogP contribution < -0.4 is 5.32 Å². The molecule has 1 aliphatic rings. The second-order valence-corrected chi connectivity index (χ2v) is 6.26. The summed E-state index contributed by atoms with van der Waals surface area (Å²) in [5.74, 6) is -1.04. The van der Waals surface area contributed by atoms with E-state index in [4.69, 9.17) is 9.84 Å². The molecule has 1 saturated carbocycles. The molecule has 126 valence electrons. The molecule has 0 unspecified atom stereocenters. The highest BCUT2D eigenvalue weighted by Crippen LogP contribution is 2.43. The number of carboxylic acid groups (broad SMARTS) is 1. The number of nitrogens with one attached hydrogen (secondary N) is 1. The highest BCUT2D eigenvalue weighted by molar-refractivity contribution is 5.88. The first kappa shape index (κ1) is 17.5. The quantitative estimate of drug-likeness (QED) is 0.686. The van der Waals surface area contributed by atoms with Gasteiger partial charge in [-0.15, -0.1) is 0 Å². The number of carboxylic acids is 1. The number of hydrogen-bond donors (Lipinski definition) is 2. The normalized spacial score (nSPS) is 15.7. The summed E-state index contributed by atoms with van der Waals surface area (Å²) >= 11 is 0. The lowest BCUT2D eigenvalue weighted by atomic mass is 9.66. The second-order valence-electron chi connectivity index (χ2n) is 6.26. The molecule has 23 heavy (non-hydrogen) atoms. The van der Waals surface area contributed by atoms with Gasteiger partial charge in [0.05, 0.1) is 12.0 Å². The molecule has 1 fully saturated rings. The largest absolute Gasteiger partial charge is 0.478 e. The third-order valence-corrected chi connectivity index (χ3v) is 4.59. The van der Waals surface area contributed by atoms with Crippen LogP contribution in [0.3, 0.4) is 0 Å². The van der Waals surface area contributed by atoms with Crippen molar-refractivity contribution in [3.05, 3.63) is 35.4 Å². The first-order valence-electron chi connectivity index (χ1n) is 8.21. The Hall–Kier alpha value is -1.88. The van der Waals surface area contributed by atoms with Crippen molar-refractivity contribution < 1.29 is 19.4 Å². The summed E-state index contributed by atoms with van der Waals surface area (Å²) in [6.07, 6.45) is 4.67. The van der Waals surface area contributed by atoms with E-state index in [1.165, 1.54) is 12.5 Å². The van der Waals surface area contributed by atoms with Crippen LogP contribution in [0.25, 0.3) is 0 Å². The number of benzene rings is 1. The summed E-state index contributed by atoms with van der Waals surface area (Å²) in [7, 11) is 0. The molecule has 0 saturated heterocycles. The SMILES string of the molecule is CCOCCC1(CNC(=O)Cc2cccc(C(=O)O)c2)CCC1. The van der Waals surface area contributed by atoms with Crippen LogP contribution in [0.2, 0.25) is 0 Å². The molecule has 1 aromatic rings. The van der Waals surface area contributed by atoms with Crippen LogP contribution in [0.1, 0.15) is 48.5 Å². The minimum absolute atomic E-state index is 0.0600. The topological polar surface area (TPSA) is 75.6 Å². The smallest absolute Gasteiger partial charge is 0.335 e. The van der Waals surface area contributed by atoms with E-state index in [0.29, 0.717) is 6.54 Å². The zero-order valence-electron chi connectivity index (χ0n) is 13.6. The molecule has 2 rings (SSSR count). The van der Waals surface area contributed by atoms with Gasteiger partial charge in [0.15, 0.2) is 0 Å². The van der Waals surface area contributed by atoms with E-state index < -0.39 is 5.97 Å². The maximum atomic E-state index is 12.1. The van der Waals surface area contributed by atoms with Gasteiger partial charge in [0.25, 0.3) is 0 Å². The van der Waals surface area contributed by atoms with Gasteiger partial charge in [0, 0.05) is 19.8 Å². The van der Waals surface area contributed by atoms with E-state index in [1.54, 1.807) is 18.2 Å². The van der Waals surface area contributed by atoms with Gasteiger partial charge in [0.2, 0.25) is 5.91 Å². The van der Waals surface area contributed by atoms with Gasteiger partial charge in [-0.1, -0.05) is 18.6 Å². The first-order valence-corrected chi connectivity index (χ1v) is 8.21. The molecule has 0 heterocycles. The Kier molecular flexibility index (Phi) is 6.16. The predicted octanol–water partition coefficient (Wildman–Crippen LogP) is 2.64. The number of aromatic carboxylic acids is 1. The number of carbonyl (C=O) groups is 2. The van der Waals surface area contributed by atoms with E-state index in [2.05, 4.69) is 5.32 Å². The van der Waals surface area contributed by atoms with Crippen LogP contribution >= 0.6 is 0 Å². The molecular weight excluding hydrogens is 294 g/mol. The number of rotatable bonds is 9. The van der Waals surface area contributed by atoms with Crippen molar-refractivity contribution in [3.8, 4) is 0 Å². The van der Waals surface area contributed by atoms with Gasteiger partial charge in [-0.2, -0.15) is 0 Å². The lowest BCUT2D eigenvalue weighted by Gasteiger charge is -2.42. The summed E-state index contributed by atoms with van der Waals surface area (Å²) in [5.41, 5.74) is 1.12. The molecule has 0 bridgehead atoms. The van der Waals surface area contributed by atoms with Crippen molar-refractivity contribution in [2.24, 2.45) is 5.41 Å². The number of carbonyl (C=O) groups excluding carboxylic acids is 1. The molecule has 0 atom stereocenters. The van der Waals surface area contributed by atoms with Crippen LogP contribution in [0.4, 0.5) is 0 Å². The van der Waals surface area contributed by atoms with Crippen molar-refractivity contribution in [1.29, 1.82) is 0 Å².